The third-order valence-electron chi connectivity index (χ3n) is 3.56. The highest BCUT2D eigenvalue weighted by Crippen LogP contribution is 2.30. The van der Waals surface area contributed by atoms with E-state index in [4.69, 9.17) is 10.5 Å². The quantitative estimate of drug-likeness (QED) is 0.830. The maximum atomic E-state index is 6.20. The van der Waals surface area contributed by atoms with E-state index in [1.165, 1.54) is 38.5 Å². The minimum absolute atomic E-state index is 0.0129. The lowest BCUT2D eigenvalue weighted by Crippen LogP contribution is -2.17. The Kier molecular flexibility index (Phi) is 5.07. The average Bonchev–Trinajstić information content (AvgIpc) is 2.57. The molecular weight excluding hydrogens is 290 g/mol. The maximum absolute atomic E-state index is 6.20. The van der Waals surface area contributed by atoms with Gasteiger partial charge < -0.3 is 10.5 Å². The number of halogens is 1. The molecule has 0 bridgehead atoms. The predicted molar refractivity (Wildman–Crippen MR) is 78.9 cm³/mol. The first-order chi connectivity index (χ1) is 8.66. The fraction of sp³-hybridized carbons (Fsp3) is 0.600. The van der Waals surface area contributed by atoms with Crippen molar-refractivity contribution in [1.29, 1.82) is 0 Å². The summed E-state index contributed by atoms with van der Waals surface area (Å²) in [6, 6.07) is 6.14. The molecule has 2 rings (SSSR count). The lowest BCUT2D eigenvalue weighted by atomic mass is 10.1. The van der Waals surface area contributed by atoms with Crippen LogP contribution in [0.1, 0.15) is 57.1 Å². The van der Waals surface area contributed by atoms with Gasteiger partial charge in [-0.15, -0.1) is 0 Å². The summed E-state index contributed by atoms with van der Waals surface area (Å²) >= 11 is 3.50. The summed E-state index contributed by atoms with van der Waals surface area (Å²) in [7, 11) is 0. The Labute approximate surface area is 118 Å². The summed E-state index contributed by atoms with van der Waals surface area (Å²) in [5.41, 5.74) is 7.10. The summed E-state index contributed by atoms with van der Waals surface area (Å²) in [5, 5.41) is 0. The van der Waals surface area contributed by atoms with Gasteiger partial charge in [-0.1, -0.05) is 34.8 Å². The largest absolute Gasteiger partial charge is 0.490 e. The third kappa shape index (κ3) is 3.72. The van der Waals surface area contributed by atoms with Gasteiger partial charge in [0.15, 0.2) is 0 Å². The minimum Gasteiger partial charge on any atom is -0.490 e. The van der Waals surface area contributed by atoms with Crippen LogP contribution in [0.15, 0.2) is 22.7 Å². The molecule has 18 heavy (non-hydrogen) atoms. The van der Waals surface area contributed by atoms with Crippen LogP contribution in [0, 0.1) is 0 Å². The van der Waals surface area contributed by atoms with Gasteiger partial charge in [-0.3, -0.25) is 0 Å². The van der Waals surface area contributed by atoms with Gasteiger partial charge in [0.2, 0.25) is 0 Å². The average molecular weight is 312 g/mol. The first-order valence-electron chi connectivity index (χ1n) is 6.88. The predicted octanol–water partition coefficient (Wildman–Crippen LogP) is 4.57. The molecule has 1 saturated carbocycles. The molecule has 1 atom stereocenters. The fourth-order valence-corrected chi connectivity index (χ4v) is 2.87. The van der Waals surface area contributed by atoms with E-state index in [-0.39, 0.29) is 6.04 Å². The van der Waals surface area contributed by atoms with Gasteiger partial charge in [0.25, 0.3) is 0 Å². The SMILES string of the molecule is C[C@H](N)c1ccc(Br)cc1OC1CCCCCC1. The highest BCUT2D eigenvalue weighted by Gasteiger charge is 2.16. The maximum Gasteiger partial charge on any atom is 0.125 e. The molecule has 0 aromatic heterocycles. The van der Waals surface area contributed by atoms with Crippen molar-refractivity contribution in [3.05, 3.63) is 28.2 Å². The van der Waals surface area contributed by atoms with E-state index in [1.807, 2.05) is 19.1 Å². The van der Waals surface area contributed by atoms with Gasteiger partial charge >= 0.3 is 0 Å². The molecule has 0 spiro atoms. The molecule has 0 unspecified atom stereocenters. The number of ether oxygens (including phenoxy) is 1. The zero-order valence-corrected chi connectivity index (χ0v) is 12.6. The Morgan fingerprint density at radius 1 is 1.22 bits per heavy atom. The molecule has 0 saturated heterocycles. The van der Waals surface area contributed by atoms with E-state index in [9.17, 15) is 0 Å². The second kappa shape index (κ2) is 6.58. The van der Waals surface area contributed by atoms with Gasteiger partial charge in [0.05, 0.1) is 6.10 Å². The highest BCUT2D eigenvalue weighted by molar-refractivity contribution is 9.10. The Hall–Kier alpha value is -0.540. The second-order valence-electron chi connectivity index (χ2n) is 5.20. The summed E-state index contributed by atoms with van der Waals surface area (Å²) in [6.45, 7) is 2.00. The van der Waals surface area contributed by atoms with E-state index in [1.54, 1.807) is 0 Å². The van der Waals surface area contributed by atoms with Crippen LogP contribution in [0.4, 0.5) is 0 Å². The van der Waals surface area contributed by atoms with E-state index < -0.39 is 0 Å². The molecule has 0 radical (unpaired) electrons. The molecule has 3 heteroatoms. The summed E-state index contributed by atoms with van der Waals surface area (Å²) in [5.74, 6) is 0.950. The lowest BCUT2D eigenvalue weighted by molar-refractivity contribution is 0.181. The van der Waals surface area contributed by atoms with E-state index >= 15 is 0 Å². The van der Waals surface area contributed by atoms with Crippen molar-refractivity contribution in [2.75, 3.05) is 0 Å². The zero-order chi connectivity index (χ0) is 13.0. The number of hydrogen-bond donors (Lipinski definition) is 1. The summed E-state index contributed by atoms with van der Waals surface area (Å²) < 4.78 is 7.25. The number of hydrogen-bond acceptors (Lipinski definition) is 2. The van der Waals surface area contributed by atoms with Gasteiger partial charge in [-0.05, 0) is 44.7 Å². The monoisotopic (exact) mass is 311 g/mol. The smallest absolute Gasteiger partial charge is 0.125 e. The van der Waals surface area contributed by atoms with Crippen LogP contribution in [-0.2, 0) is 0 Å². The molecule has 0 aliphatic heterocycles. The Bertz CT molecular complexity index is 384. The minimum atomic E-state index is 0.0129. The van der Waals surface area contributed by atoms with Crippen molar-refractivity contribution in [2.24, 2.45) is 5.73 Å². The number of nitrogens with two attached hydrogens (primary N) is 1. The van der Waals surface area contributed by atoms with Crippen molar-refractivity contribution in [2.45, 2.75) is 57.6 Å². The third-order valence-corrected chi connectivity index (χ3v) is 4.06. The number of benzene rings is 1. The normalized spacial score (nSPS) is 19.3. The van der Waals surface area contributed by atoms with E-state index in [0.29, 0.717) is 6.10 Å². The molecule has 1 aromatic rings. The van der Waals surface area contributed by atoms with Crippen LogP contribution < -0.4 is 10.5 Å². The van der Waals surface area contributed by atoms with Crippen molar-refractivity contribution in [1.82, 2.24) is 0 Å². The Balaban J connectivity index is 2.13. The van der Waals surface area contributed by atoms with Gasteiger partial charge in [0, 0.05) is 16.1 Å². The van der Waals surface area contributed by atoms with Crippen LogP contribution in [0.25, 0.3) is 0 Å². The van der Waals surface area contributed by atoms with Crippen LogP contribution in [0.3, 0.4) is 0 Å². The second-order valence-corrected chi connectivity index (χ2v) is 6.12. The molecule has 1 aliphatic carbocycles. The summed E-state index contributed by atoms with van der Waals surface area (Å²) in [6.07, 6.45) is 7.96. The molecule has 1 fully saturated rings. The van der Waals surface area contributed by atoms with Crippen LogP contribution in [-0.4, -0.2) is 6.10 Å². The van der Waals surface area contributed by atoms with Gasteiger partial charge in [-0.2, -0.15) is 0 Å². The fourth-order valence-electron chi connectivity index (χ4n) is 2.53. The Morgan fingerprint density at radius 3 is 2.50 bits per heavy atom. The van der Waals surface area contributed by atoms with Gasteiger partial charge in [-0.25, -0.2) is 0 Å². The molecule has 0 heterocycles. The van der Waals surface area contributed by atoms with Gasteiger partial charge in [0.1, 0.15) is 5.75 Å². The topological polar surface area (TPSA) is 35.2 Å². The van der Waals surface area contributed by atoms with Crippen LogP contribution >= 0.6 is 15.9 Å². The first kappa shape index (κ1) is 13.9. The first-order valence-corrected chi connectivity index (χ1v) is 7.68. The molecule has 0 amide bonds. The molecular formula is C15H22BrNO. The Morgan fingerprint density at radius 2 is 1.89 bits per heavy atom. The van der Waals surface area contributed by atoms with Crippen LogP contribution in [0.2, 0.25) is 0 Å². The van der Waals surface area contributed by atoms with E-state index in [0.717, 1.165) is 15.8 Å². The standard InChI is InChI=1S/C15H22BrNO/c1-11(17)14-9-8-12(16)10-15(14)18-13-6-4-2-3-5-7-13/h8-11,13H,2-7,17H2,1H3/t11-/m0/s1. The van der Waals surface area contributed by atoms with Crippen LogP contribution in [0.5, 0.6) is 5.75 Å². The lowest BCUT2D eigenvalue weighted by Gasteiger charge is -2.21. The van der Waals surface area contributed by atoms with Crippen molar-refractivity contribution >= 4 is 15.9 Å². The molecule has 2 N–H and O–H groups in total. The zero-order valence-electron chi connectivity index (χ0n) is 11.0. The van der Waals surface area contributed by atoms with E-state index in [2.05, 4.69) is 22.0 Å². The molecule has 1 aromatic carbocycles. The molecule has 100 valence electrons. The van der Waals surface area contributed by atoms with Crippen molar-refractivity contribution in [3.63, 3.8) is 0 Å². The van der Waals surface area contributed by atoms with Crippen molar-refractivity contribution in [3.8, 4) is 5.75 Å². The molecule has 2 nitrogen and oxygen atoms in total. The molecule has 1 aliphatic rings. The summed E-state index contributed by atoms with van der Waals surface area (Å²) in [4.78, 5) is 0. The van der Waals surface area contributed by atoms with Crippen molar-refractivity contribution < 1.29 is 4.74 Å². The highest BCUT2D eigenvalue weighted by atomic mass is 79.9. The number of rotatable bonds is 3.